The van der Waals surface area contributed by atoms with Crippen LogP contribution in [-0.4, -0.2) is 19.4 Å². The number of piperidine rings is 1. The Hall–Kier alpha value is -1.82. The number of anilines is 1. The van der Waals surface area contributed by atoms with Crippen LogP contribution in [0.1, 0.15) is 24.0 Å². The van der Waals surface area contributed by atoms with Gasteiger partial charge >= 0.3 is 0 Å². The molecule has 0 aliphatic carbocycles. The lowest BCUT2D eigenvalue weighted by atomic mass is 9.96. The molecule has 88 valence electrons. The Kier molecular flexibility index (Phi) is 3.43. The van der Waals surface area contributed by atoms with Gasteiger partial charge in [-0.1, -0.05) is 12.1 Å². The molecule has 0 amide bonds. The van der Waals surface area contributed by atoms with E-state index in [0.29, 0.717) is 0 Å². The normalized spacial score (nSPS) is 16.6. The summed E-state index contributed by atoms with van der Waals surface area (Å²) < 4.78 is 0. The van der Waals surface area contributed by atoms with E-state index < -0.39 is 0 Å². The number of hydrogen-bond acceptors (Lipinski definition) is 3. The van der Waals surface area contributed by atoms with Crippen molar-refractivity contribution in [2.75, 3.05) is 18.0 Å². The van der Waals surface area contributed by atoms with Gasteiger partial charge in [0.25, 0.3) is 0 Å². The molecule has 1 aliphatic heterocycles. The van der Waals surface area contributed by atoms with E-state index in [2.05, 4.69) is 11.0 Å². The molecule has 0 aromatic heterocycles. The number of nitriles is 1. The maximum absolute atomic E-state index is 10.7. The summed E-state index contributed by atoms with van der Waals surface area (Å²) in [5.74, 6) is 0.195. The van der Waals surface area contributed by atoms with Crippen LogP contribution in [0, 0.1) is 24.2 Å². The van der Waals surface area contributed by atoms with Crippen LogP contribution in [0.4, 0.5) is 5.69 Å². The smallest absolute Gasteiger partial charge is 0.123 e. The molecule has 3 heteroatoms. The van der Waals surface area contributed by atoms with E-state index in [9.17, 15) is 4.79 Å². The fraction of sp³-hybridized carbons (Fsp3) is 0.429. The maximum atomic E-state index is 10.7. The molecule has 0 bridgehead atoms. The predicted molar refractivity (Wildman–Crippen MR) is 66.9 cm³/mol. The highest BCUT2D eigenvalue weighted by atomic mass is 16.1. The van der Waals surface area contributed by atoms with Crippen molar-refractivity contribution >= 4 is 12.0 Å². The van der Waals surface area contributed by atoms with E-state index in [1.807, 2.05) is 25.1 Å². The Morgan fingerprint density at radius 3 is 2.71 bits per heavy atom. The molecular weight excluding hydrogens is 212 g/mol. The van der Waals surface area contributed by atoms with Gasteiger partial charge in [0.05, 0.1) is 11.3 Å². The van der Waals surface area contributed by atoms with Gasteiger partial charge < -0.3 is 9.69 Å². The molecule has 1 saturated heterocycles. The van der Waals surface area contributed by atoms with E-state index in [1.54, 1.807) is 0 Å². The Bertz CT molecular complexity index is 454. The number of carbonyl (C=O) groups excluding carboxylic acids is 1. The van der Waals surface area contributed by atoms with E-state index in [1.165, 1.54) is 0 Å². The van der Waals surface area contributed by atoms with E-state index in [0.717, 1.165) is 49.0 Å². The van der Waals surface area contributed by atoms with Crippen molar-refractivity contribution < 1.29 is 4.79 Å². The average Bonchev–Trinajstić information content (AvgIpc) is 2.38. The van der Waals surface area contributed by atoms with Gasteiger partial charge in [-0.15, -0.1) is 0 Å². The monoisotopic (exact) mass is 228 g/mol. The Labute approximate surface area is 102 Å². The predicted octanol–water partition coefficient (Wildman–Crippen LogP) is 2.28. The molecule has 17 heavy (non-hydrogen) atoms. The number of aldehydes is 1. The van der Waals surface area contributed by atoms with Gasteiger partial charge in [-0.25, -0.2) is 0 Å². The molecule has 0 spiro atoms. The van der Waals surface area contributed by atoms with Gasteiger partial charge in [-0.3, -0.25) is 0 Å². The highest BCUT2D eigenvalue weighted by molar-refractivity contribution is 5.64. The second kappa shape index (κ2) is 5.01. The number of carbonyl (C=O) groups is 1. The van der Waals surface area contributed by atoms with Gasteiger partial charge in [-0.05, 0) is 31.4 Å². The van der Waals surface area contributed by atoms with Crippen LogP contribution in [-0.2, 0) is 4.79 Å². The van der Waals surface area contributed by atoms with Crippen molar-refractivity contribution in [2.45, 2.75) is 19.8 Å². The number of benzene rings is 1. The third-order valence-electron chi connectivity index (χ3n) is 3.41. The second-order valence-electron chi connectivity index (χ2n) is 4.54. The van der Waals surface area contributed by atoms with Crippen LogP contribution >= 0.6 is 0 Å². The summed E-state index contributed by atoms with van der Waals surface area (Å²) in [4.78, 5) is 13.0. The van der Waals surface area contributed by atoms with Crippen LogP contribution in [0.5, 0.6) is 0 Å². The first-order valence-electron chi connectivity index (χ1n) is 5.96. The van der Waals surface area contributed by atoms with Gasteiger partial charge in [0.15, 0.2) is 0 Å². The lowest BCUT2D eigenvalue weighted by Crippen LogP contribution is -2.35. The zero-order valence-corrected chi connectivity index (χ0v) is 10.0. The molecule has 1 heterocycles. The molecular formula is C14H16N2O. The summed E-state index contributed by atoms with van der Waals surface area (Å²) in [6.07, 6.45) is 2.84. The number of aryl methyl sites for hydroxylation is 1. The fourth-order valence-electron chi connectivity index (χ4n) is 2.43. The number of hydrogen-bond donors (Lipinski definition) is 0. The Balaban J connectivity index is 2.24. The molecule has 0 N–H and O–H groups in total. The van der Waals surface area contributed by atoms with Gasteiger partial charge in [-0.2, -0.15) is 5.26 Å². The average molecular weight is 228 g/mol. The molecule has 1 aromatic carbocycles. The van der Waals surface area contributed by atoms with E-state index >= 15 is 0 Å². The number of para-hydroxylation sites is 1. The van der Waals surface area contributed by atoms with Crippen molar-refractivity contribution in [1.82, 2.24) is 0 Å². The van der Waals surface area contributed by atoms with Crippen molar-refractivity contribution in [3.63, 3.8) is 0 Å². The zero-order valence-electron chi connectivity index (χ0n) is 10.0. The van der Waals surface area contributed by atoms with Crippen LogP contribution < -0.4 is 4.90 Å². The number of rotatable bonds is 2. The van der Waals surface area contributed by atoms with Crippen LogP contribution in [0.25, 0.3) is 0 Å². The van der Waals surface area contributed by atoms with Crippen molar-refractivity contribution in [2.24, 2.45) is 5.92 Å². The topological polar surface area (TPSA) is 44.1 Å². The molecule has 0 radical (unpaired) electrons. The first-order valence-corrected chi connectivity index (χ1v) is 5.96. The molecule has 1 aliphatic rings. The lowest BCUT2D eigenvalue weighted by Gasteiger charge is -2.33. The van der Waals surface area contributed by atoms with Crippen molar-refractivity contribution in [3.05, 3.63) is 29.3 Å². The van der Waals surface area contributed by atoms with Crippen molar-refractivity contribution in [3.8, 4) is 6.07 Å². The summed E-state index contributed by atoms with van der Waals surface area (Å²) in [6, 6.07) is 8.04. The minimum absolute atomic E-state index is 0.195. The molecule has 2 rings (SSSR count). The fourth-order valence-corrected chi connectivity index (χ4v) is 2.43. The third kappa shape index (κ3) is 2.31. The Morgan fingerprint density at radius 1 is 1.41 bits per heavy atom. The standard InChI is InChI=1S/C14H16N2O/c1-11-3-2-4-13(9-15)14(11)16-7-5-12(10-17)6-8-16/h2-4,10,12H,5-8H2,1H3. The highest BCUT2D eigenvalue weighted by Crippen LogP contribution is 2.28. The molecule has 1 aromatic rings. The summed E-state index contributed by atoms with van der Waals surface area (Å²) in [7, 11) is 0. The van der Waals surface area contributed by atoms with Crippen LogP contribution in [0.3, 0.4) is 0 Å². The lowest BCUT2D eigenvalue weighted by molar-refractivity contribution is -0.111. The summed E-state index contributed by atoms with van der Waals surface area (Å²) in [5, 5.41) is 9.14. The van der Waals surface area contributed by atoms with Crippen LogP contribution in [0.15, 0.2) is 18.2 Å². The largest absolute Gasteiger partial charge is 0.370 e. The van der Waals surface area contributed by atoms with E-state index in [4.69, 9.17) is 5.26 Å². The minimum Gasteiger partial charge on any atom is -0.370 e. The Morgan fingerprint density at radius 2 is 2.12 bits per heavy atom. The summed E-state index contributed by atoms with van der Waals surface area (Å²) >= 11 is 0. The molecule has 1 fully saturated rings. The third-order valence-corrected chi connectivity index (χ3v) is 3.41. The second-order valence-corrected chi connectivity index (χ2v) is 4.54. The molecule has 3 nitrogen and oxygen atoms in total. The molecule has 0 atom stereocenters. The van der Waals surface area contributed by atoms with Gasteiger partial charge in [0.1, 0.15) is 12.4 Å². The first kappa shape index (κ1) is 11.7. The number of nitrogens with zero attached hydrogens (tertiary/aromatic N) is 2. The van der Waals surface area contributed by atoms with Crippen molar-refractivity contribution in [1.29, 1.82) is 5.26 Å². The quantitative estimate of drug-likeness (QED) is 0.729. The minimum atomic E-state index is 0.195. The highest BCUT2D eigenvalue weighted by Gasteiger charge is 2.21. The SMILES string of the molecule is Cc1cccc(C#N)c1N1CCC(C=O)CC1. The first-order chi connectivity index (χ1) is 8.26. The zero-order chi connectivity index (χ0) is 12.3. The summed E-state index contributed by atoms with van der Waals surface area (Å²) in [6.45, 7) is 3.76. The summed E-state index contributed by atoms with van der Waals surface area (Å²) in [5.41, 5.74) is 2.91. The maximum Gasteiger partial charge on any atom is 0.123 e. The van der Waals surface area contributed by atoms with E-state index in [-0.39, 0.29) is 5.92 Å². The van der Waals surface area contributed by atoms with Gasteiger partial charge in [0, 0.05) is 19.0 Å². The molecule has 0 saturated carbocycles. The van der Waals surface area contributed by atoms with Gasteiger partial charge in [0.2, 0.25) is 0 Å². The van der Waals surface area contributed by atoms with Crippen LogP contribution in [0.2, 0.25) is 0 Å². The molecule has 0 unspecified atom stereocenters.